The number of carbonyl (C=O) groups is 1. The lowest BCUT2D eigenvalue weighted by atomic mass is 10.1. The number of aromatic nitrogens is 2. The van der Waals surface area contributed by atoms with Gasteiger partial charge in [-0.3, -0.25) is 4.57 Å². The Hall–Kier alpha value is -2.44. The van der Waals surface area contributed by atoms with Gasteiger partial charge in [-0.05, 0) is 12.1 Å². The Balaban J connectivity index is 2.12. The van der Waals surface area contributed by atoms with Crippen LogP contribution >= 0.6 is 11.6 Å². The molecule has 0 radical (unpaired) electrons. The van der Waals surface area contributed by atoms with E-state index in [0.717, 1.165) is 11.4 Å². The van der Waals surface area contributed by atoms with Gasteiger partial charge in [-0.1, -0.05) is 17.7 Å². The van der Waals surface area contributed by atoms with Crippen LogP contribution in [0.4, 0.5) is 4.79 Å². The average Bonchev–Trinajstić information content (AvgIpc) is 3.05. The van der Waals surface area contributed by atoms with Gasteiger partial charge in [0.15, 0.2) is 0 Å². The third-order valence-corrected chi connectivity index (χ3v) is 4.14. The molecule has 0 aliphatic carbocycles. The number of hydrogen-bond donors (Lipinski definition) is 1. The smallest absolute Gasteiger partial charge is 0.435 e. The van der Waals surface area contributed by atoms with Gasteiger partial charge in [0.05, 0.1) is 40.7 Å². The quantitative estimate of drug-likeness (QED) is 0.761. The highest BCUT2D eigenvalue weighted by Gasteiger charge is 2.48. The molecule has 0 spiro atoms. The molecule has 6 nitrogen and oxygen atoms in total. The van der Waals surface area contributed by atoms with E-state index < -0.39 is 6.09 Å². The van der Waals surface area contributed by atoms with Crippen molar-refractivity contribution < 1.29 is 14.4 Å². The summed E-state index contributed by atoms with van der Waals surface area (Å²) < 4.78 is 1.45. The number of quaternary nitrogens is 1. The molecule has 0 bridgehead atoms. The van der Waals surface area contributed by atoms with E-state index in [1.54, 1.807) is 30.9 Å². The molecule has 1 aromatic heterocycles. The van der Waals surface area contributed by atoms with E-state index in [4.69, 9.17) is 11.6 Å². The Morgan fingerprint density at radius 1 is 1.43 bits per heavy atom. The first kappa shape index (κ1) is 12.3. The van der Waals surface area contributed by atoms with Crippen LogP contribution in [0, 0.1) is 0 Å². The van der Waals surface area contributed by atoms with E-state index in [2.05, 4.69) is 9.98 Å². The lowest BCUT2D eigenvalue weighted by Crippen LogP contribution is -2.49. The molecule has 7 heteroatoms. The molecule has 1 N–H and O–H groups in total. The number of benzene rings is 1. The number of fused-ring (bicyclic) bond motifs is 5. The van der Waals surface area contributed by atoms with Crippen molar-refractivity contribution in [1.82, 2.24) is 9.55 Å². The second kappa shape index (κ2) is 4.03. The van der Waals surface area contributed by atoms with Crippen LogP contribution in [0.15, 0.2) is 48.1 Å². The molecule has 1 unspecified atom stereocenters. The maximum absolute atomic E-state index is 11.9. The third kappa shape index (κ3) is 1.48. The first-order valence-electron chi connectivity index (χ1n) is 6.31. The van der Waals surface area contributed by atoms with Crippen LogP contribution in [0.2, 0.25) is 5.02 Å². The summed E-state index contributed by atoms with van der Waals surface area (Å²) in [6.07, 6.45) is 5.42. The molecule has 0 saturated carbocycles. The van der Waals surface area contributed by atoms with Crippen molar-refractivity contribution in [1.29, 1.82) is 0 Å². The standard InChI is InChI=1S/C14H9ClN4O2/c15-11-3-1-2-10-12(11)18-8-16-6-9(18)7-19(14(20)21)5-4-17-13(10)19/h1-6,8H,7H2/p+1. The highest BCUT2D eigenvalue weighted by molar-refractivity contribution is 6.33. The summed E-state index contributed by atoms with van der Waals surface area (Å²) in [7, 11) is 0. The highest BCUT2D eigenvalue weighted by atomic mass is 35.5. The summed E-state index contributed by atoms with van der Waals surface area (Å²) >= 11 is 6.34. The molecule has 1 aromatic carbocycles. The number of amidine groups is 1. The Bertz CT molecular complexity index is 839. The summed E-state index contributed by atoms with van der Waals surface area (Å²) in [5.41, 5.74) is 2.19. The predicted molar refractivity (Wildman–Crippen MR) is 76.2 cm³/mol. The van der Waals surface area contributed by atoms with Crippen LogP contribution in [0.3, 0.4) is 0 Å². The minimum atomic E-state index is -0.983. The second-order valence-electron chi connectivity index (χ2n) is 4.95. The first-order valence-corrected chi connectivity index (χ1v) is 6.69. The van der Waals surface area contributed by atoms with Crippen molar-refractivity contribution in [2.24, 2.45) is 4.99 Å². The molecule has 2 aliphatic rings. The number of carboxylic acid groups (broad SMARTS) is 1. The van der Waals surface area contributed by atoms with E-state index >= 15 is 0 Å². The highest BCUT2D eigenvalue weighted by Crippen LogP contribution is 2.36. The monoisotopic (exact) mass is 301 g/mol. The van der Waals surface area contributed by atoms with Crippen LogP contribution in [0.1, 0.15) is 11.3 Å². The zero-order valence-corrected chi connectivity index (χ0v) is 11.5. The fraction of sp³-hybridized carbons (Fsp3) is 0.0714. The van der Waals surface area contributed by atoms with Crippen molar-refractivity contribution in [2.75, 3.05) is 0 Å². The van der Waals surface area contributed by atoms with Gasteiger partial charge >= 0.3 is 6.09 Å². The van der Waals surface area contributed by atoms with Gasteiger partial charge in [0, 0.05) is 0 Å². The van der Waals surface area contributed by atoms with Crippen LogP contribution in [-0.4, -0.2) is 31.1 Å². The summed E-state index contributed by atoms with van der Waals surface area (Å²) in [6.45, 7) is 0.232. The third-order valence-electron chi connectivity index (χ3n) is 3.83. The number of aliphatic imine (C=N–C) groups is 1. The summed E-state index contributed by atoms with van der Waals surface area (Å²) in [6, 6.07) is 5.40. The van der Waals surface area contributed by atoms with Gasteiger partial charge in [0.2, 0.25) is 0 Å². The summed E-state index contributed by atoms with van der Waals surface area (Å²) in [5, 5.41) is 10.3. The Kier molecular flexibility index (Phi) is 2.36. The Morgan fingerprint density at radius 3 is 3.10 bits per heavy atom. The van der Waals surface area contributed by atoms with Crippen molar-refractivity contribution in [2.45, 2.75) is 6.54 Å². The maximum Gasteiger partial charge on any atom is 0.525 e. The van der Waals surface area contributed by atoms with Gasteiger partial charge in [0.25, 0.3) is 5.84 Å². The average molecular weight is 302 g/mol. The predicted octanol–water partition coefficient (Wildman–Crippen LogP) is 2.77. The second-order valence-corrected chi connectivity index (χ2v) is 5.36. The van der Waals surface area contributed by atoms with Gasteiger partial charge in [-0.25, -0.2) is 4.98 Å². The van der Waals surface area contributed by atoms with Crippen molar-refractivity contribution in [3.63, 3.8) is 0 Å². The maximum atomic E-state index is 11.9. The SMILES string of the molecule is O=C(O)[N+]12C=CN=C1c1cccc(Cl)c1-n1cncc1C2. The fourth-order valence-corrected chi connectivity index (χ4v) is 3.13. The summed E-state index contributed by atoms with van der Waals surface area (Å²) in [5.74, 6) is 0.462. The molecule has 0 saturated heterocycles. The number of nitrogens with zero attached hydrogens (tertiary/aromatic N) is 4. The van der Waals surface area contributed by atoms with Crippen LogP contribution in [-0.2, 0) is 6.54 Å². The largest absolute Gasteiger partial charge is 0.525 e. The normalized spacial score (nSPS) is 22.0. The molecule has 4 rings (SSSR count). The first-order chi connectivity index (χ1) is 10.1. The number of amides is 1. The molecule has 104 valence electrons. The molecule has 0 fully saturated rings. The molecule has 1 atom stereocenters. The van der Waals surface area contributed by atoms with E-state index in [-0.39, 0.29) is 11.0 Å². The molecule has 2 aliphatic heterocycles. The van der Waals surface area contributed by atoms with E-state index in [0.29, 0.717) is 16.4 Å². The minimum Gasteiger partial charge on any atom is -0.435 e. The van der Waals surface area contributed by atoms with Gasteiger partial charge < -0.3 is 5.11 Å². The number of imidazole rings is 1. The lowest BCUT2D eigenvalue weighted by Gasteiger charge is -2.23. The molecule has 2 aromatic rings. The van der Waals surface area contributed by atoms with Crippen LogP contribution < -0.4 is 0 Å². The van der Waals surface area contributed by atoms with Crippen molar-refractivity contribution in [3.8, 4) is 5.69 Å². The summed E-state index contributed by atoms with van der Waals surface area (Å²) in [4.78, 5) is 20.3. The number of halogens is 1. The molecule has 3 heterocycles. The van der Waals surface area contributed by atoms with Gasteiger partial charge in [-0.15, -0.1) is 4.48 Å². The van der Waals surface area contributed by atoms with Gasteiger partial charge in [-0.2, -0.15) is 9.79 Å². The molecule has 21 heavy (non-hydrogen) atoms. The van der Waals surface area contributed by atoms with Crippen molar-refractivity contribution >= 4 is 23.5 Å². The Morgan fingerprint density at radius 2 is 2.29 bits per heavy atom. The topological polar surface area (TPSA) is 67.5 Å². The molecule has 1 amide bonds. The van der Waals surface area contributed by atoms with Crippen LogP contribution in [0.5, 0.6) is 0 Å². The number of hydrogen-bond acceptors (Lipinski definition) is 3. The minimum absolute atomic E-state index is 0.232. The molecular weight excluding hydrogens is 292 g/mol. The number of para-hydroxylation sites is 1. The zero-order chi connectivity index (χ0) is 14.6. The molecular formula is C14H10ClN4O2+. The van der Waals surface area contributed by atoms with E-state index in [1.165, 1.54) is 6.20 Å². The van der Waals surface area contributed by atoms with Gasteiger partial charge in [0.1, 0.15) is 12.7 Å². The zero-order valence-electron chi connectivity index (χ0n) is 10.8. The van der Waals surface area contributed by atoms with Crippen LogP contribution in [0.25, 0.3) is 5.69 Å². The fourth-order valence-electron chi connectivity index (χ4n) is 2.86. The van der Waals surface area contributed by atoms with E-state index in [9.17, 15) is 9.90 Å². The van der Waals surface area contributed by atoms with E-state index in [1.807, 2.05) is 10.6 Å². The Labute approximate surface area is 124 Å². The number of rotatable bonds is 0. The van der Waals surface area contributed by atoms with Crippen molar-refractivity contribution in [3.05, 3.63) is 59.4 Å². The lowest BCUT2D eigenvalue weighted by molar-refractivity contribution is -0.722.